The van der Waals surface area contributed by atoms with Crippen LogP contribution in [0.1, 0.15) is 12.5 Å². The number of amides is 2. The summed E-state index contributed by atoms with van der Waals surface area (Å²) in [6.07, 6.45) is 3.54. The Morgan fingerprint density at radius 2 is 1.60 bits per heavy atom. The summed E-state index contributed by atoms with van der Waals surface area (Å²) in [6.45, 7) is 1.62. The van der Waals surface area contributed by atoms with Gasteiger partial charge in [0.25, 0.3) is 11.8 Å². The standard InChI is InChI=1S/C24H18N4O2/c1-16-20(23(29)27(2)24(30)21(16)14-25)13-18-15-28(19-11-7-4-8-12-19)26-22(18)17-9-5-3-6-10-17/h3-13,15H,1-2H3/b20-13+. The molecule has 2 aromatic carbocycles. The van der Waals surface area contributed by atoms with Crippen LogP contribution in [0.15, 0.2) is 83.6 Å². The summed E-state index contributed by atoms with van der Waals surface area (Å²) in [5, 5.41) is 14.1. The average molecular weight is 394 g/mol. The Morgan fingerprint density at radius 3 is 2.23 bits per heavy atom. The largest absolute Gasteiger partial charge is 0.277 e. The first kappa shape index (κ1) is 19.1. The molecule has 4 rings (SSSR count). The maximum atomic E-state index is 12.8. The van der Waals surface area contributed by atoms with Gasteiger partial charge < -0.3 is 0 Å². The van der Waals surface area contributed by atoms with E-state index in [1.165, 1.54) is 7.05 Å². The Hall–Kier alpha value is -4.24. The van der Waals surface area contributed by atoms with E-state index in [1.807, 2.05) is 72.9 Å². The molecule has 1 aromatic heterocycles. The Labute approximate surface area is 174 Å². The van der Waals surface area contributed by atoms with Crippen LogP contribution in [-0.2, 0) is 9.59 Å². The highest BCUT2D eigenvalue weighted by atomic mass is 16.2. The van der Waals surface area contributed by atoms with Crippen LogP contribution in [0.5, 0.6) is 0 Å². The van der Waals surface area contributed by atoms with Crippen molar-refractivity contribution in [3.63, 3.8) is 0 Å². The van der Waals surface area contributed by atoms with Crippen LogP contribution in [0, 0.1) is 11.3 Å². The lowest BCUT2D eigenvalue weighted by Crippen LogP contribution is -2.39. The number of carbonyl (C=O) groups is 2. The van der Waals surface area contributed by atoms with Gasteiger partial charge in [-0.1, -0.05) is 48.5 Å². The van der Waals surface area contributed by atoms with Gasteiger partial charge in [-0.25, -0.2) is 4.68 Å². The van der Waals surface area contributed by atoms with E-state index in [1.54, 1.807) is 17.7 Å². The zero-order valence-corrected chi connectivity index (χ0v) is 16.5. The van der Waals surface area contributed by atoms with E-state index in [0.29, 0.717) is 22.4 Å². The fraction of sp³-hybridized carbons (Fsp3) is 0.0833. The molecule has 0 saturated carbocycles. The van der Waals surface area contributed by atoms with E-state index in [9.17, 15) is 14.9 Å². The smallest absolute Gasteiger partial charge is 0.271 e. The van der Waals surface area contributed by atoms with Gasteiger partial charge >= 0.3 is 0 Å². The van der Waals surface area contributed by atoms with Crippen LogP contribution < -0.4 is 0 Å². The Balaban J connectivity index is 1.93. The van der Waals surface area contributed by atoms with Crippen LogP contribution in [-0.4, -0.2) is 33.5 Å². The third-order valence-corrected chi connectivity index (χ3v) is 5.05. The second-order valence-corrected chi connectivity index (χ2v) is 6.92. The van der Waals surface area contributed by atoms with Gasteiger partial charge in [-0.05, 0) is 30.7 Å². The summed E-state index contributed by atoms with van der Waals surface area (Å²) in [5.74, 6) is -1.02. The molecule has 1 aliphatic heterocycles. The number of nitriles is 1. The van der Waals surface area contributed by atoms with Gasteiger partial charge in [0.1, 0.15) is 11.6 Å². The van der Waals surface area contributed by atoms with E-state index in [4.69, 9.17) is 5.10 Å². The highest BCUT2D eigenvalue weighted by Crippen LogP contribution is 2.30. The number of benzene rings is 2. The lowest BCUT2D eigenvalue weighted by molar-refractivity contribution is -0.138. The minimum atomic E-state index is -0.583. The van der Waals surface area contributed by atoms with Crippen molar-refractivity contribution in [2.24, 2.45) is 0 Å². The van der Waals surface area contributed by atoms with Crippen molar-refractivity contribution in [2.45, 2.75) is 6.92 Å². The fourth-order valence-corrected chi connectivity index (χ4v) is 3.38. The molecule has 30 heavy (non-hydrogen) atoms. The molecule has 3 aromatic rings. The summed E-state index contributed by atoms with van der Waals surface area (Å²) in [4.78, 5) is 26.0. The second kappa shape index (κ2) is 7.64. The van der Waals surface area contributed by atoms with Gasteiger partial charge in [-0.2, -0.15) is 10.4 Å². The number of aromatic nitrogens is 2. The summed E-state index contributed by atoms with van der Waals surface area (Å²) >= 11 is 0. The predicted octanol–water partition coefficient (Wildman–Crippen LogP) is 3.76. The van der Waals surface area contributed by atoms with E-state index < -0.39 is 11.8 Å². The SMILES string of the molecule is CC1=C(C#N)C(=O)N(C)C(=O)/C1=C/c1cn(-c2ccccc2)nc1-c1ccccc1. The van der Waals surface area contributed by atoms with Gasteiger partial charge in [0.2, 0.25) is 0 Å². The molecule has 0 bridgehead atoms. The maximum absolute atomic E-state index is 12.8. The van der Waals surface area contributed by atoms with E-state index in [-0.39, 0.29) is 5.57 Å². The summed E-state index contributed by atoms with van der Waals surface area (Å²) < 4.78 is 1.75. The number of para-hydroxylation sites is 1. The van der Waals surface area contributed by atoms with Gasteiger partial charge in [0.15, 0.2) is 0 Å². The number of carbonyl (C=O) groups excluding carboxylic acids is 2. The predicted molar refractivity (Wildman–Crippen MR) is 113 cm³/mol. The van der Waals surface area contributed by atoms with E-state index >= 15 is 0 Å². The van der Waals surface area contributed by atoms with Gasteiger partial charge in [-0.15, -0.1) is 0 Å². The molecule has 0 fully saturated rings. The quantitative estimate of drug-likeness (QED) is 0.500. The van der Waals surface area contributed by atoms with Crippen LogP contribution in [0.4, 0.5) is 0 Å². The van der Waals surface area contributed by atoms with E-state index in [2.05, 4.69) is 0 Å². The zero-order chi connectivity index (χ0) is 21.3. The first-order valence-electron chi connectivity index (χ1n) is 9.37. The third kappa shape index (κ3) is 3.23. The van der Waals surface area contributed by atoms with E-state index in [0.717, 1.165) is 16.2 Å². The number of hydrogen-bond donors (Lipinski definition) is 0. The zero-order valence-electron chi connectivity index (χ0n) is 16.5. The highest BCUT2D eigenvalue weighted by Gasteiger charge is 2.33. The van der Waals surface area contributed by atoms with Crippen LogP contribution in [0.3, 0.4) is 0 Å². The lowest BCUT2D eigenvalue weighted by atomic mass is 9.93. The van der Waals surface area contributed by atoms with Gasteiger partial charge in [0, 0.05) is 29.9 Å². The number of imide groups is 1. The molecule has 146 valence electrons. The molecule has 0 unspecified atom stereocenters. The molecular formula is C24H18N4O2. The van der Waals surface area contributed by atoms with Crippen molar-refractivity contribution in [3.8, 4) is 23.0 Å². The molecular weight excluding hydrogens is 376 g/mol. The Bertz CT molecular complexity index is 1250. The van der Waals surface area contributed by atoms with Crippen molar-refractivity contribution in [1.29, 1.82) is 5.26 Å². The summed E-state index contributed by atoms with van der Waals surface area (Å²) in [7, 11) is 1.38. The molecule has 0 aliphatic carbocycles. The van der Waals surface area contributed by atoms with Gasteiger partial charge in [0.05, 0.1) is 11.4 Å². The van der Waals surface area contributed by atoms with Crippen LogP contribution in [0.2, 0.25) is 0 Å². The molecule has 0 saturated heterocycles. The molecule has 2 amide bonds. The molecule has 6 nitrogen and oxygen atoms in total. The van der Waals surface area contributed by atoms with Crippen molar-refractivity contribution >= 4 is 17.9 Å². The van der Waals surface area contributed by atoms with Crippen molar-refractivity contribution in [1.82, 2.24) is 14.7 Å². The molecule has 1 aliphatic rings. The number of likely N-dealkylation sites (N-methyl/N-ethyl adjacent to an activating group) is 1. The van der Waals surface area contributed by atoms with Crippen molar-refractivity contribution in [2.75, 3.05) is 7.05 Å². The third-order valence-electron chi connectivity index (χ3n) is 5.05. The average Bonchev–Trinajstić information content (AvgIpc) is 3.21. The molecule has 0 N–H and O–H groups in total. The Kier molecular flexibility index (Phi) is 4.87. The minimum absolute atomic E-state index is 0.0277. The van der Waals surface area contributed by atoms with Crippen molar-refractivity contribution in [3.05, 3.63) is 89.1 Å². The number of rotatable bonds is 3. The Morgan fingerprint density at radius 1 is 0.967 bits per heavy atom. The monoisotopic (exact) mass is 394 g/mol. The van der Waals surface area contributed by atoms with Crippen LogP contribution in [0.25, 0.3) is 23.0 Å². The summed E-state index contributed by atoms with van der Waals surface area (Å²) in [6, 6.07) is 21.2. The molecule has 0 radical (unpaired) electrons. The normalized spacial score (nSPS) is 15.6. The molecule has 0 atom stereocenters. The first-order chi connectivity index (χ1) is 14.5. The number of hydrogen-bond acceptors (Lipinski definition) is 4. The first-order valence-corrected chi connectivity index (χ1v) is 9.37. The maximum Gasteiger partial charge on any atom is 0.271 e. The topological polar surface area (TPSA) is 79.0 Å². The molecule has 6 heteroatoms. The highest BCUT2D eigenvalue weighted by molar-refractivity contribution is 6.19. The second-order valence-electron chi connectivity index (χ2n) is 6.92. The molecule has 0 spiro atoms. The number of nitrogens with zero attached hydrogens (tertiary/aromatic N) is 4. The fourth-order valence-electron chi connectivity index (χ4n) is 3.38. The van der Waals surface area contributed by atoms with Crippen LogP contribution >= 0.6 is 0 Å². The minimum Gasteiger partial charge on any atom is -0.277 e. The van der Waals surface area contributed by atoms with Gasteiger partial charge in [-0.3, -0.25) is 14.5 Å². The summed E-state index contributed by atoms with van der Waals surface area (Å²) in [5.41, 5.74) is 3.84. The lowest BCUT2D eigenvalue weighted by Gasteiger charge is -2.23. The molecule has 2 heterocycles. The van der Waals surface area contributed by atoms with Crippen molar-refractivity contribution < 1.29 is 9.59 Å².